The van der Waals surface area contributed by atoms with E-state index in [0.717, 1.165) is 11.4 Å². The molecule has 0 saturated heterocycles. The largest absolute Gasteiger partial charge is 0.454 e. The number of rotatable bonds is 5. The molecule has 7 heteroatoms. The van der Waals surface area contributed by atoms with Gasteiger partial charge in [0.2, 0.25) is 0 Å². The molecule has 0 unspecified atom stereocenters. The maximum Gasteiger partial charge on any atom is 0.338 e. The number of carbonyl (C=O) groups is 1. The number of aryl methyl sites for hydroxylation is 1. The number of carbonyl (C=O) groups excluding carboxylic acids is 1. The van der Waals surface area contributed by atoms with Crippen molar-refractivity contribution >= 4 is 11.7 Å². The first-order chi connectivity index (χ1) is 12.5. The smallest absolute Gasteiger partial charge is 0.338 e. The SMILES string of the molecule is Cc1ccnn1-c1ccc(C(=O)O[C@@H](C)c2cccc([N+](=O)[O-])c2)cc1. The Balaban J connectivity index is 1.72. The third-order valence-corrected chi connectivity index (χ3v) is 4.01. The van der Waals surface area contributed by atoms with Crippen molar-refractivity contribution in [3.8, 4) is 5.69 Å². The highest BCUT2D eigenvalue weighted by Gasteiger charge is 2.16. The standard InChI is InChI=1S/C19H17N3O4/c1-13-10-11-20-21(13)17-8-6-15(7-9-17)19(23)26-14(2)16-4-3-5-18(12-16)22(24)25/h3-12,14H,1-2H3/t14-/m0/s1. The maximum atomic E-state index is 12.3. The Morgan fingerprint density at radius 3 is 2.54 bits per heavy atom. The molecule has 0 bridgehead atoms. The van der Waals surface area contributed by atoms with Crippen molar-refractivity contribution in [1.82, 2.24) is 9.78 Å². The number of hydrogen-bond donors (Lipinski definition) is 0. The van der Waals surface area contributed by atoms with Gasteiger partial charge in [0.15, 0.2) is 0 Å². The molecule has 0 aliphatic rings. The first-order valence-electron chi connectivity index (χ1n) is 8.02. The summed E-state index contributed by atoms with van der Waals surface area (Å²) in [7, 11) is 0. The molecule has 3 aromatic rings. The van der Waals surface area contributed by atoms with Crippen LogP contribution in [-0.2, 0) is 4.74 Å². The minimum Gasteiger partial charge on any atom is -0.454 e. The monoisotopic (exact) mass is 351 g/mol. The molecule has 0 fully saturated rings. The summed E-state index contributed by atoms with van der Waals surface area (Å²) in [5.41, 5.74) is 2.76. The summed E-state index contributed by atoms with van der Waals surface area (Å²) in [6.07, 6.45) is 1.11. The quantitative estimate of drug-likeness (QED) is 0.394. The van der Waals surface area contributed by atoms with E-state index in [0.29, 0.717) is 11.1 Å². The fourth-order valence-electron chi connectivity index (χ4n) is 2.57. The molecule has 0 aliphatic heterocycles. The van der Waals surface area contributed by atoms with Gasteiger partial charge in [0.1, 0.15) is 6.10 Å². The Kier molecular flexibility index (Phi) is 4.79. The van der Waals surface area contributed by atoms with Gasteiger partial charge in [-0.2, -0.15) is 5.10 Å². The van der Waals surface area contributed by atoms with E-state index in [4.69, 9.17) is 4.74 Å². The van der Waals surface area contributed by atoms with Crippen molar-refractivity contribution in [2.24, 2.45) is 0 Å². The Bertz CT molecular complexity index is 947. The average molecular weight is 351 g/mol. The lowest BCUT2D eigenvalue weighted by Gasteiger charge is -2.14. The van der Waals surface area contributed by atoms with Crippen molar-refractivity contribution in [1.29, 1.82) is 0 Å². The lowest BCUT2D eigenvalue weighted by molar-refractivity contribution is -0.385. The number of non-ortho nitro benzene ring substituents is 1. The number of esters is 1. The number of hydrogen-bond acceptors (Lipinski definition) is 5. The average Bonchev–Trinajstić information content (AvgIpc) is 3.07. The predicted molar refractivity (Wildman–Crippen MR) is 95.2 cm³/mol. The van der Waals surface area contributed by atoms with Crippen LogP contribution in [0.1, 0.15) is 34.6 Å². The minimum absolute atomic E-state index is 0.0376. The van der Waals surface area contributed by atoms with E-state index >= 15 is 0 Å². The molecule has 1 heterocycles. The van der Waals surface area contributed by atoms with Crippen LogP contribution in [0.4, 0.5) is 5.69 Å². The summed E-state index contributed by atoms with van der Waals surface area (Å²) < 4.78 is 7.19. The zero-order chi connectivity index (χ0) is 18.7. The molecule has 0 radical (unpaired) electrons. The van der Waals surface area contributed by atoms with Crippen molar-refractivity contribution < 1.29 is 14.5 Å². The van der Waals surface area contributed by atoms with Gasteiger partial charge in [0.25, 0.3) is 5.69 Å². The summed E-state index contributed by atoms with van der Waals surface area (Å²) in [6, 6.07) is 14.9. The molecule has 2 aromatic carbocycles. The van der Waals surface area contributed by atoms with Crippen LogP contribution in [0.2, 0.25) is 0 Å². The van der Waals surface area contributed by atoms with Gasteiger partial charge in [-0.3, -0.25) is 10.1 Å². The molecule has 0 saturated carbocycles. The van der Waals surface area contributed by atoms with Gasteiger partial charge in [-0.05, 0) is 49.7 Å². The van der Waals surface area contributed by atoms with Gasteiger partial charge in [-0.1, -0.05) is 12.1 Å². The summed E-state index contributed by atoms with van der Waals surface area (Å²) in [5.74, 6) is -0.493. The molecule has 26 heavy (non-hydrogen) atoms. The van der Waals surface area contributed by atoms with Gasteiger partial charge in [-0.25, -0.2) is 9.48 Å². The van der Waals surface area contributed by atoms with Crippen molar-refractivity contribution in [3.63, 3.8) is 0 Å². The highest BCUT2D eigenvalue weighted by atomic mass is 16.6. The van der Waals surface area contributed by atoms with Crippen LogP contribution in [0.15, 0.2) is 60.8 Å². The van der Waals surface area contributed by atoms with Gasteiger partial charge in [0.05, 0.1) is 16.2 Å². The Hall–Kier alpha value is -3.48. The molecular weight excluding hydrogens is 334 g/mol. The van der Waals surface area contributed by atoms with E-state index in [1.807, 2.05) is 13.0 Å². The number of nitro groups is 1. The van der Waals surface area contributed by atoms with Crippen LogP contribution in [-0.4, -0.2) is 20.7 Å². The van der Waals surface area contributed by atoms with Crippen molar-refractivity contribution in [2.45, 2.75) is 20.0 Å². The van der Waals surface area contributed by atoms with Gasteiger partial charge >= 0.3 is 5.97 Å². The first-order valence-corrected chi connectivity index (χ1v) is 8.02. The number of aromatic nitrogens is 2. The Labute approximate surface area is 150 Å². The van der Waals surface area contributed by atoms with Crippen molar-refractivity contribution in [2.75, 3.05) is 0 Å². The van der Waals surface area contributed by atoms with E-state index < -0.39 is 17.0 Å². The maximum absolute atomic E-state index is 12.3. The van der Waals surface area contributed by atoms with Crippen molar-refractivity contribution in [3.05, 3.63) is 87.7 Å². The zero-order valence-electron chi connectivity index (χ0n) is 14.3. The normalized spacial score (nSPS) is 11.8. The molecule has 1 atom stereocenters. The second-order valence-electron chi connectivity index (χ2n) is 5.83. The molecular formula is C19H17N3O4. The lowest BCUT2D eigenvalue weighted by Crippen LogP contribution is -2.10. The van der Waals surface area contributed by atoms with Crippen LogP contribution in [0.5, 0.6) is 0 Å². The fourth-order valence-corrected chi connectivity index (χ4v) is 2.57. The molecule has 0 amide bonds. The van der Waals surface area contributed by atoms with Gasteiger partial charge < -0.3 is 4.74 Å². The molecule has 132 valence electrons. The number of nitrogens with zero attached hydrogens (tertiary/aromatic N) is 3. The number of ether oxygens (including phenoxy) is 1. The highest BCUT2D eigenvalue weighted by molar-refractivity contribution is 5.89. The molecule has 0 aliphatic carbocycles. The van der Waals surface area contributed by atoms with Crippen LogP contribution < -0.4 is 0 Å². The lowest BCUT2D eigenvalue weighted by atomic mass is 10.1. The Morgan fingerprint density at radius 2 is 1.92 bits per heavy atom. The highest BCUT2D eigenvalue weighted by Crippen LogP contribution is 2.23. The van der Waals surface area contributed by atoms with E-state index in [1.165, 1.54) is 12.1 Å². The van der Waals surface area contributed by atoms with E-state index in [-0.39, 0.29) is 5.69 Å². The van der Waals surface area contributed by atoms with E-state index in [9.17, 15) is 14.9 Å². The van der Waals surface area contributed by atoms with Crippen LogP contribution >= 0.6 is 0 Å². The number of benzene rings is 2. The summed E-state index contributed by atoms with van der Waals surface area (Å²) in [4.78, 5) is 22.7. The fraction of sp³-hybridized carbons (Fsp3) is 0.158. The minimum atomic E-state index is -0.601. The molecule has 7 nitrogen and oxygen atoms in total. The predicted octanol–water partition coefficient (Wildman–Crippen LogP) is 4.01. The van der Waals surface area contributed by atoms with E-state index in [2.05, 4.69) is 5.10 Å². The zero-order valence-corrected chi connectivity index (χ0v) is 14.3. The second-order valence-corrected chi connectivity index (χ2v) is 5.83. The van der Waals surface area contributed by atoms with E-state index in [1.54, 1.807) is 54.2 Å². The topological polar surface area (TPSA) is 87.3 Å². The number of nitro benzene ring substituents is 1. The van der Waals surface area contributed by atoms with Crippen LogP contribution in [0.3, 0.4) is 0 Å². The third-order valence-electron chi connectivity index (χ3n) is 4.01. The summed E-state index contributed by atoms with van der Waals surface area (Å²) >= 11 is 0. The van der Waals surface area contributed by atoms with Crippen LogP contribution in [0, 0.1) is 17.0 Å². The molecule has 0 N–H and O–H groups in total. The Morgan fingerprint density at radius 1 is 1.19 bits per heavy atom. The second kappa shape index (κ2) is 7.18. The first kappa shape index (κ1) is 17.3. The summed E-state index contributed by atoms with van der Waals surface area (Å²) in [5, 5.41) is 15.1. The molecule has 3 rings (SSSR count). The van der Waals surface area contributed by atoms with Gasteiger partial charge in [-0.15, -0.1) is 0 Å². The molecule has 1 aromatic heterocycles. The molecule has 0 spiro atoms. The third kappa shape index (κ3) is 3.61. The van der Waals surface area contributed by atoms with Crippen LogP contribution in [0.25, 0.3) is 5.69 Å². The van der Waals surface area contributed by atoms with Gasteiger partial charge in [0, 0.05) is 24.0 Å². The summed E-state index contributed by atoms with van der Waals surface area (Å²) in [6.45, 7) is 3.62.